The van der Waals surface area contributed by atoms with Crippen LogP contribution in [0.5, 0.6) is 0 Å². The van der Waals surface area contributed by atoms with Gasteiger partial charge in [-0.05, 0) is 31.9 Å². The fraction of sp³-hybridized carbons (Fsp3) is 0.474. The summed E-state index contributed by atoms with van der Waals surface area (Å²) >= 11 is 8.01. The Morgan fingerprint density at radius 2 is 1.39 bits per heavy atom. The fourth-order valence-corrected chi connectivity index (χ4v) is 8.81. The van der Waals surface area contributed by atoms with Crippen molar-refractivity contribution in [2.75, 3.05) is 0 Å². The normalized spacial score (nSPS) is 12.3. The molecule has 4 heteroatoms. The molecule has 4 heterocycles. The summed E-state index contributed by atoms with van der Waals surface area (Å²) in [5.41, 5.74) is 0. The van der Waals surface area contributed by atoms with Crippen molar-refractivity contribution in [3.63, 3.8) is 0 Å². The van der Waals surface area contributed by atoms with E-state index in [0.717, 1.165) is 0 Å². The SMILES string of the molecule is CCCCCCCCc1cc2c(s1)sc1c3cc(C)sc3sc21. The van der Waals surface area contributed by atoms with E-state index in [1.807, 2.05) is 45.3 Å². The van der Waals surface area contributed by atoms with Crippen LogP contribution in [-0.2, 0) is 6.42 Å². The van der Waals surface area contributed by atoms with Gasteiger partial charge in [-0.3, -0.25) is 0 Å². The number of hydrogen-bond acceptors (Lipinski definition) is 4. The highest BCUT2D eigenvalue weighted by Gasteiger charge is 2.16. The zero-order valence-electron chi connectivity index (χ0n) is 13.7. The molecule has 0 amide bonds. The van der Waals surface area contributed by atoms with Crippen molar-refractivity contribution in [1.29, 1.82) is 0 Å². The van der Waals surface area contributed by atoms with Crippen molar-refractivity contribution in [3.8, 4) is 0 Å². The molecule has 0 fully saturated rings. The van der Waals surface area contributed by atoms with Crippen LogP contribution in [0.15, 0.2) is 12.1 Å². The van der Waals surface area contributed by atoms with Crippen LogP contribution >= 0.6 is 45.3 Å². The molecule has 0 spiro atoms. The standard InChI is InChI=1S/C19H22S4/c1-3-4-5-6-7-8-9-13-11-15-17-16(23-19(15)21-13)14-10-12(2)20-18(14)22-17/h10-11H,3-9H2,1-2H3. The second-order valence-electron chi connectivity index (χ2n) is 6.35. The van der Waals surface area contributed by atoms with Gasteiger partial charge < -0.3 is 0 Å². The predicted molar refractivity (Wildman–Crippen MR) is 112 cm³/mol. The molecule has 0 N–H and O–H groups in total. The largest absolute Gasteiger partial charge is 0.130 e. The van der Waals surface area contributed by atoms with Crippen LogP contribution in [0.4, 0.5) is 0 Å². The third kappa shape index (κ3) is 3.11. The van der Waals surface area contributed by atoms with E-state index in [1.54, 1.807) is 4.88 Å². The van der Waals surface area contributed by atoms with Crippen molar-refractivity contribution in [2.24, 2.45) is 0 Å². The number of unbranched alkanes of at least 4 members (excludes halogenated alkanes) is 5. The molecule has 0 unspecified atom stereocenters. The Bertz CT molecular complexity index is 931. The number of hydrogen-bond donors (Lipinski definition) is 0. The smallest absolute Gasteiger partial charge is 0.0889 e. The summed E-state index contributed by atoms with van der Waals surface area (Å²) in [6.45, 7) is 4.51. The molecule has 122 valence electrons. The Labute approximate surface area is 153 Å². The van der Waals surface area contributed by atoms with Crippen LogP contribution in [-0.4, -0.2) is 0 Å². The lowest BCUT2D eigenvalue weighted by Crippen LogP contribution is -1.82. The molecule has 0 saturated heterocycles. The molecule has 4 rings (SSSR count). The molecule has 0 aliphatic carbocycles. The Hall–Kier alpha value is -0.420. The summed E-state index contributed by atoms with van der Waals surface area (Å²) in [6.07, 6.45) is 9.62. The van der Waals surface area contributed by atoms with Gasteiger partial charge in [-0.2, -0.15) is 0 Å². The van der Waals surface area contributed by atoms with E-state index in [2.05, 4.69) is 26.0 Å². The maximum absolute atomic E-state index is 2.48. The topological polar surface area (TPSA) is 0 Å². The summed E-state index contributed by atoms with van der Waals surface area (Å²) in [5.74, 6) is 0. The molecular formula is C19H22S4. The maximum atomic E-state index is 2.48. The highest BCUT2D eigenvalue weighted by Crippen LogP contribution is 2.49. The van der Waals surface area contributed by atoms with Gasteiger partial charge in [-0.1, -0.05) is 39.0 Å². The molecule has 0 saturated carbocycles. The number of rotatable bonds is 7. The highest BCUT2D eigenvalue weighted by molar-refractivity contribution is 7.49. The minimum Gasteiger partial charge on any atom is -0.130 e. The Balaban J connectivity index is 1.51. The second kappa shape index (κ2) is 6.83. The van der Waals surface area contributed by atoms with Gasteiger partial charge in [-0.15, -0.1) is 45.3 Å². The second-order valence-corrected chi connectivity index (χ2v) is 11.3. The first kappa shape index (κ1) is 16.1. The van der Waals surface area contributed by atoms with Crippen LogP contribution in [0.25, 0.3) is 28.2 Å². The van der Waals surface area contributed by atoms with Gasteiger partial charge >= 0.3 is 0 Å². The lowest BCUT2D eigenvalue weighted by molar-refractivity contribution is 0.609. The first-order chi connectivity index (χ1) is 11.3. The molecular weight excluding hydrogens is 356 g/mol. The third-order valence-electron chi connectivity index (χ3n) is 4.43. The van der Waals surface area contributed by atoms with E-state index in [4.69, 9.17) is 0 Å². The number of thiophene rings is 4. The lowest BCUT2D eigenvalue weighted by atomic mass is 10.1. The van der Waals surface area contributed by atoms with Gasteiger partial charge in [0.15, 0.2) is 0 Å². The molecule has 0 atom stereocenters. The summed E-state index contributed by atoms with van der Waals surface area (Å²) in [4.78, 5) is 3.03. The van der Waals surface area contributed by atoms with Crippen molar-refractivity contribution >= 4 is 73.5 Å². The molecule has 0 bridgehead atoms. The summed E-state index contributed by atoms with van der Waals surface area (Å²) in [6, 6.07) is 4.86. The average Bonchev–Trinajstić information content (AvgIpc) is 3.21. The summed E-state index contributed by atoms with van der Waals surface area (Å²) in [5, 5.41) is 3.03. The maximum Gasteiger partial charge on any atom is 0.0889 e. The Morgan fingerprint density at radius 1 is 0.739 bits per heavy atom. The molecule has 23 heavy (non-hydrogen) atoms. The lowest BCUT2D eigenvalue weighted by Gasteiger charge is -1.99. The van der Waals surface area contributed by atoms with Crippen molar-refractivity contribution in [3.05, 3.63) is 21.9 Å². The van der Waals surface area contributed by atoms with E-state index in [9.17, 15) is 0 Å². The molecule has 0 aliphatic heterocycles. The van der Waals surface area contributed by atoms with Gasteiger partial charge in [0.2, 0.25) is 0 Å². The molecule has 0 aromatic carbocycles. The van der Waals surface area contributed by atoms with Gasteiger partial charge in [0.1, 0.15) is 0 Å². The number of fused-ring (bicyclic) bond motifs is 5. The Morgan fingerprint density at radius 3 is 2.17 bits per heavy atom. The zero-order chi connectivity index (χ0) is 15.8. The van der Waals surface area contributed by atoms with Crippen LogP contribution in [0, 0.1) is 6.92 Å². The Kier molecular flexibility index (Phi) is 4.77. The summed E-state index contributed by atoms with van der Waals surface area (Å²) < 4.78 is 6.12. The van der Waals surface area contributed by atoms with Gasteiger partial charge in [-0.25, -0.2) is 0 Å². The monoisotopic (exact) mass is 378 g/mol. The van der Waals surface area contributed by atoms with E-state index >= 15 is 0 Å². The molecule has 4 aromatic rings. The van der Waals surface area contributed by atoms with Crippen LogP contribution in [0.1, 0.15) is 55.2 Å². The van der Waals surface area contributed by atoms with Gasteiger partial charge in [0, 0.05) is 20.5 Å². The summed E-state index contributed by atoms with van der Waals surface area (Å²) in [7, 11) is 0. The van der Waals surface area contributed by atoms with Gasteiger partial charge in [0.25, 0.3) is 0 Å². The quantitative estimate of drug-likeness (QED) is 0.282. The minimum absolute atomic E-state index is 1.28. The van der Waals surface area contributed by atoms with Crippen LogP contribution in [0.2, 0.25) is 0 Å². The van der Waals surface area contributed by atoms with Crippen molar-refractivity contribution < 1.29 is 0 Å². The van der Waals surface area contributed by atoms with E-state index in [0.29, 0.717) is 0 Å². The fourth-order valence-electron chi connectivity index (χ4n) is 3.22. The van der Waals surface area contributed by atoms with E-state index < -0.39 is 0 Å². The molecule has 0 aliphatic rings. The van der Waals surface area contributed by atoms with Crippen LogP contribution < -0.4 is 0 Å². The molecule has 0 radical (unpaired) electrons. The molecule has 0 nitrogen and oxygen atoms in total. The highest BCUT2D eigenvalue weighted by atomic mass is 32.2. The molecule has 4 aromatic heterocycles. The van der Waals surface area contributed by atoms with Crippen molar-refractivity contribution in [2.45, 2.75) is 58.8 Å². The minimum atomic E-state index is 1.28. The zero-order valence-corrected chi connectivity index (χ0v) is 17.0. The first-order valence-electron chi connectivity index (χ1n) is 8.60. The van der Waals surface area contributed by atoms with E-state index in [-0.39, 0.29) is 0 Å². The van der Waals surface area contributed by atoms with E-state index in [1.165, 1.54) is 78.0 Å². The third-order valence-corrected chi connectivity index (χ3v) is 9.46. The van der Waals surface area contributed by atoms with Crippen molar-refractivity contribution in [1.82, 2.24) is 0 Å². The van der Waals surface area contributed by atoms with Crippen LogP contribution in [0.3, 0.4) is 0 Å². The predicted octanol–water partition coefficient (Wildman–Crippen LogP) is 8.60. The first-order valence-corrected chi connectivity index (χ1v) is 11.9. The van der Waals surface area contributed by atoms with Gasteiger partial charge in [0.05, 0.1) is 17.4 Å². The number of aryl methyl sites for hydroxylation is 2. The average molecular weight is 379 g/mol.